The third-order valence-electron chi connectivity index (χ3n) is 1.57. The molecule has 0 saturated heterocycles. The van der Waals surface area contributed by atoms with Gasteiger partial charge >= 0.3 is 16.6 Å². The predicted octanol–water partition coefficient (Wildman–Crippen LogP) is 1.85. The Kier molecular flexibility index (Phi) is 4.27. The van der Waals surface area contributed by atoms with E-state index < -0.39 is 16.6 Å². The van der Waals surface area contributed by atoms with Crippen LogP contribution in [0.1, 0.15) is 6.92 Å². The highest BCUT2D eigenvalue weighted by atomic mass is 32.3. The Morgan fingerprint density at radius 1 is 1.35 bits per heavy atom. The summed E-state index contributed by atoms with van der Waals surface area (Å²) in [5.41, 5.74) is 0.368. The number of carbonyl (C=O) groups excluding carboxylic acids is 1. The van der Waals surface area contributed by atoms with Crippen LogP contribution < -0.4 is 9.50 Å². The van der Waals surface area contributed by atoms with Gasteiger partial charge in [-0.1, -0.05) is 3.89 Å². The molecule has 0 fully saturated rings. The fourth-order valence-corrected chi connectivity index (χ4v) is 1.33. The molecule has 0 unspecified atom stereocenters. The second-order valence-electron chi connectivity index (χ2n) is 2.85. The molecule has 6 nitrogen and oxygen atoms in total. The highest BCUT2D eigenvalue weighted by molar-refractivity contribution is 7.81. The van der Waals surface area contributed by atoms with E-state index in [2.05, 4.69) is 14.2 Å². The maximum absolute atomic E-state index is 12.1. The van der Waals surface area contributed by atoms with E-state index >= 15 is 0 Å². The largest absolute Gasteiger partial charge is 0.488 e. The Balaban J connectivity index is 2.65. The van der Waals surface area contributed by atoms with E-state index in [0.29, 0.717) is 5.69 Å². The van der Waals surface area contributed by atoms with Gasteiger partial charge in [0.15, 0.2) is 0 Å². The highest BCUT2D eigenvalue weighted by Gasteiger charge is 2.09. The number of anilines is 1. The molecule has 1 N–H and O–H groups in total. The fraction of sp³-hybridized carbons (Fsp3) is 0.222. The molecule has 0 aromatic heterocycles. The number of rotatable bonds is 4. The summed E-state index contributed by atoms with van der Waals surface area (Å²) >= 11 is 0. The van der Waals surface area contributed by atoms with E-state index in [9.17, 15) is 17.1 Å². The lowest BCUT2D eigenvalue weighted by atomic mass is 10.3. The van der Waals surface area contributed by atoms with Crippen molar-refractivity contribution in [1.29, 1.82) is 0 Å². The first kappa shape index (κ1) is 13.2. The van der Waals surface area contributed by atoms with Crippen LogP contribution in [0, 0.1) is 0 Å². The van der Waals surface area contributed by atoms with Gasteiger partial charge in [-0.25, -0.2) is 4.79 Å². The van der Waals surface area contributed by atoms with Gasteiger partial charge < -0.3 is 8.92 Å². The summed E-state index contributed by atoms with van der Waals surface area (Å²) in [4.78, 5) is 11.0. The van der Waals surface area contributed by atoms with Crippen LogP contribution in [0.2, 0.25) is 0 Å². The molecule has 0 aliphatic rings. The van der Waals surface area contributed by atoms with Crippen LogP contribution in [0.3, 0.4) is 0 Å². The van der Waals surface area contributed by atoms with Crippen molar-refractivity contribution in [3.8, 4) is 5.75 Å². The molecule has 17 heavy (non-hydrogen) atoms. The molecule has 0 aliphatic carbocycles. The van der Waals surface area contributed by atoms with Crippen molar-refractivity contribution in [3.63, 3.8) is 0 Å². The van der Waals surface area contributed by atoms with Crippen molar-refractivity contribution in [2.45, 2.75) is 6.92 Å². The number of hydrogen-bond donors (Lipinski definition) is 1. The smallest absolute Gasteiger partial charge is 0.450 e. The first-order valence-electron chi connectivity index (χ1n) is 4.58. The van der Waals surface area contributed by atoms with Gasteiger partial charge in [0, 0.05) is 5.69 Å². The Labute approximate surface area is 97.8 Å². The second-order valence-corrected chi connectivity index (χ2v) is 3.80. The number of ether oxygens (including phenoxy) is 1. The van der Waals surface area contributed by atoms with Crippen LogP contribution >= 0.6 is 0 Å². The van der Waals surface area contributed by atoms with Gasteiger partial charge in [0.2, 0.25) is 0 Å². The van der Waals surface area contributed by atoms with Crippen LogP contribution in [-0.2, 0) is 15.2 Å². The van der Waals surface area contributed by atoms with E-state index in [4.69, 9.17) is 0 Å². The van der Waals surface area contributed by atoms with Crippen molar-refractivity contribution in [2.75, 3.05) is 11.9 Å². The van der Waals surface area contributed by atoms with Gasteiger partial charge in [-0.3, -0.25) is 5.32 Å². The molecule has 1 rings (SSSR count). The van der Waals surface area contributed by atoms with Crippen molar-refractivity contribution in [1.82, 2.24) is 0 Å². The first-order chi connectivity index (χ1) is 7.90. The Bertz CT molecular complexity index is 485. The number of halogens is 1. The molecule has 0 bridgehead atoms. The zero-order valence-electron chi connectivity index (χ0n) is 8.84. The highest BCUT2D eigenvalue weighted by Crippen LogP contribution is 2.17. The van der Waals surface area contributed by atoms with Crippen molar-refractivity contribution >= 4 is 22.3 Å². The number of carbonyl (C=O) groups is 1. The zero-order chi connectivity index (χ0) is 12.9. The van der Waals surface area contributed by atoms with E-state index in [1.165, 1.54) is 24.3 Å². The van der Waals surface area contributed by atoms with Gasteiger partial charge in [0.25, 0.3) is 0 Å². The molecule has 0 spiro atoms. The van der Waals surface area contributed by atoms with E-state index in [1.807, 2.05) is 0 Å². The van der Waals surface area contributed by atoms with Crippen LogP contribution in [0.5, 0.6) is 5.75 Å². The van der Waals surface area contributed by atoms with Gasteiger partial charge in [-0.15, -0.1) is 0 Å². The van der Waals surface area contributed by atoms with E-state index in [1.54, 1.807) is 6.92 Å². The van der Waals surface area contributed by atoms with Crippen LogP contribution in [0.25, 0.3) is 0 Å². The van der Waals surface area contributed by atoms with Crippen LogP contribution in [0.4, 0.5) is 14.4 Å². The predicted molar refractivity (Wildman–Crippen MR) is 57.7 cm³/mol. The summed E-state index contributed by atoms with van der Waals surface area (Å²) in [7, 11) is -5.03. The normalized spacial score (nSPS) is 10.7. The van der Waals surface area contributed by atoms with Crippen molar-refractivity contribution < 1.29 is 26.0 Å². The quantitative estimate of drug-likeness (QED) is 0.838. The summed E-state index contributed by atoms with van der Waals surface area (Å²) < 4.78 is 41.1. The lowest BCUT2D eigenvalue weighted by Gasteiger charge is -2.05. The third-order valence-corrected chi connectivity index (χ3v) is 1.96. The summed E-state index contributed by atoms with van der Waals surface area (Å²) in [5.74, 6) is -0.193. The number of nitrogens with one attached hydrogen (secondary N) is 1. The van der Waals surface area contributed by atoms with E-state index in [-0.39, 0.29) is 12.4 Å². The summed E-state index contributed by atoms with van der Waals surface area (Å²) in [5, 5.41) is 2.37. The topological polar surface area (TPSA) is 81.7 Å². The molecule has 0 saturated carbocycles. The maximum atomic E-state index is 12.1. The molecule has 0 atom stereocenters. The standard InChI is InChI=1S/C9H10FNO5S/c1-2-15-9(12)11-7-3-5-8(6-4-7)16-17(10,13)14/h3-6H,2H2,1H3,(H,11,12). The Morgan fingerprint density at radius 2 is 1.94 bits per heavy atom. The van der Waals surface area contributed by atoms with Crippen LogP contribution in [-0.4, -0.2) is 21.1 Å². The summed E-state index contributed by atoms with van der Waals surface area (Å²) in [6.45, 7) is 1.88. The molecule has 0 aliphatic heterocycles. The maximum Gasteiger partial charge on any atom is 0.488 e. The number of benzene rings is 1. The minimum Gasteiger partial charge on any atom is -0.450 e. The minimum atomic E-state index is -5.03. The average molecular weight is 263 g/mol. The number of hydrogen-bond acceptors (Lipinski definition) is 5. The molecule has 94 valence electrons. The summed E-state index contributed by atoms with van der Waals surface area (Å²) in [6, 6.07) is 5.08. The van der Waals surface area contributed by atoms with Gasteiger partial charge in [-0.2, -0.15) is 8.42 Å². The average Bonchev–Trinajstić information content (AvgIpc) is 2.19. The number of amides is 1. The van der Waals surface area contributed by atoms with Crippen molar-refractivity contribution in [3.05, 3.63) is 24.3 Å². The molecular weight excluding hydrogens is 253 g/mol. The van der Waals surface area contributed by atoms with Gasteiger partial charge in [0.1, 0.15) is 5.75 Å². The summed E-state index contributed by atoms with van der Waals surface area (Å²) in [6.07, 6.45) is -0.640. The lowest BCUT2D eigenvalue weighted by Crippen LogP contribution is -2.13. The monoisotopic (exact) mass is 263 g/mol. The molecule has 0 radical (unpaired) electrons. The Morgan fingerprint density at radius 3 is 2.41 bits per heavy atom. The van der Waals surface area contributed by atoms with Gasteiger partial charge in [0.05, 0.1) is 6.61 Å². The minimum absolute atomic E-state index is 0.193. The SMILES string of the molecule is CCOC(=O)Nc1ccc(OS(=O)(=O)F)cc1. The fourth-order valence-electron chi connectivity index (χ4n) is 0.994. The molecule has 1 amide bonds. The molecule has 1 aromatic rings. The van der Waals surface area contributed by atoms with Crippen molar-refractivity contribution in [2.24, 2.45) is 0 Å². The molecule has 1 aromatic carbocycles. The second kappa shape index (κ2) is 5.48. The first-order valence-corrected chi connectivity index (χ1v) is 5.89. The lowest BCUT2D eigenvalue weighted by molar-refractivity contribution is 0.168. The molecule has 0 heterocycles. The molecular formula is C9H10FNO5S. The Hall–Kier alpha value is -1.83. The molecule has 8 heteroatoms. The van der Waals surface area contributed by atoms with Crippen LogP contribution in [0.15, 0.2) is 24.3 Å². The third kappa shape index (κ3) is 5.16. The van der Waals surface area contributed by atoms with E-state index in [0.717, 1.165) is 0 Å². The van der Waals surface area contributed by atoms with Gasteiger partial charge in [-0.05, 0) is 31.2 Å². The zero-order valence-corrected chi connectivity index (χ0v) is 9.66.